The van der Waals surface area contributed by atoms with E-state index >= 15 is 0 Å². The molecule has 1 aliphatic rings. The van der Waals surface area contributed by atoms with Gasteiger partial charge in [0.25, 0.3) is 0 Å². The summed E-state index contributed by atoms with van der Waals surface area (Å²) in [5.74, 6) is 1.68. The SMILES string of the molecule is Cc1cc(C(C)NC2CCCC(C)C2C)c(C)s1. The van der Waals surface area contributed by atoms with Gasteiger partial charge in [0.2, 0.25) is 0 Å². The summed E-state index contributed by atoms with van der Waals surface area (Å²) in [6.07, 6.45) is 4.14. The number of aryl methyl sites for hydroxylation is 2. The van der Waals surface area contributed by atoms with Crippen LogP contribution in [0.2, 0.25) is 0 Å². The van der Waals surface area contributed by atoms with Crippen molar-refractivity contribution in [1.29, 1.82) is 0 Å². The van der Waals surface area contributed by atoms with Crippen LogP contribution >= 0.6 is 11.3 Å². The van der Waals surface area contributed by atoms with Crippen LogP contribution in [0.5, 0.6) is 0 Å². The Morgan fingerprint density at radius 3 is 2.61 bits per heavy atom. The molecule has 0 radical (unpaired) electrons. The molecule has 4 unspecified atom stereocenters. The molecular weight excluding hydrogens is 238 g/mol. The zero-order valence-electron chi connectivity index (χ0n) is 12.4. The molecule has 1 fully saturated rings. The van der Waals surface area contributed by atoms with Gasteiger partial charge < -0.3 is 5.32 Å². The Bertz CT molecular complexity index is 396. The van der Waals surface area contributed by atoms with Crippen LogP contribution in [0.15, 0.2) is 6.07 Å². The molecule has 1 aromatic rings. The molecule has 0 spiro atoms. The van der Waals surface area contributed by atoms with E-state index in [1.54, 1.807) is 0 Å². The first-order valence-corrected chi connectivity index (χ1v) is 8.13. The minimum absolute atomic E-state index is 0.493. The van der Waals surface area contributed by atoms with E-state index < -0.39 is 0 Å². The van der Waals surface area contributed by atoms with Gasteiger partial charge in [0.05, 0.1) is 0 Å². The topological polar surface area (TPSA) is 12.0 Å². The average molecular weight is 265 g/mol. The largest absolute Gasteiger partial charge is 0.307 e. The van der Waals surface area contributed by atoms with Gasteiger partial charge in [0, 0.05) is 21.8 Å². The molecule has 2 rings (SSSR count). The van der Waals surface area contributed by atoms with Crippen molar-refractivity contribution in [3.05, 3.63) is 21.4 Å². The molecule has 1 N–H and O–H groups in total. The minimum Gasteiger partial charge on any atom is -0.307 e. The Hall–Kier alpha value is -0.340. The van der Waals surface area contributed by atoms with Crippen molar-refractivity contribution < 1.29 is 0 Å². The lowest BCUT2D eigenvalue weighted by Crippen LogP contribution is -2.41. The lowest BCUT2D eigenvalue weighted by atomic mass is 9.77. The standard InChI is InChI=1S/C16H27NS/c1-10-7-6-8-16(12(10)3)17-13(4)15-9-11(2)18-14(15)5/h9-10,12-13,16-17H,6-8H2,1-5H3. The molecule has 0 saturated heterocycles. The van der Waals surface area contributed by atoms with Crippen molar-refractivity contribution in [3.63, 3.8) is 0 Å². The van der Waals surface area contributed by atoms with Gasteiger partial charge in [-0.05, 0) is 50.7 Å². The van der Waals surface area contributed by atoms with Crippen molar-refractivity contribution in [2.45, 2.75) is 66.0 Å². The highest BCUT2D eigenvalue weighted by Gasteiger charge is 2.28. The second-order valence-corrected chi connectivity index (χ2v) is 7.59. The summed E-state index contributed by atoms with van der Waals surface area (Å²) in [5, 5.41) is 3.88. The highest BCUT2D eigenvalue weighted by Crippen LogP contribution is 2.32. The van der Waals surface area contributed by atoms with Gasteiger partial charge >= 0.3 is 0 Å². The summed E-state index contributed by atoms with van der Waals surface area (Å²) >= 11 is 1.92. The van der Waals surface area contributed by atoms with E-state index in [2.05, 4.69) is 46.0 Å². The third-order valence-corrected chi connectivity index (χ3v) is 5.70. The lowest BCUT2D eigenvalue weighted by Gasteiger charge is -2.36. The Kier molecular flexibility index (Phi) is 4.50. The number of hydrogen-bond donors (Lipinski definition) is 1. The van der Waals surface area contributed by atoms with Crippen molar-refractivity contribution >= 4 is 11.3 Å². The van der Waals surface area contributed by atoms with E-state index in [4.69, 9.17) is 0 Å². The summed E-state index contributed by atoms with van der Waals surface area (Å²) in [6.45, 7) is 11.6. The van der Waals surface area contributed by atoms with E-state index in [0.717, 1.165) is 11.8 Å². The van der Waals surface area contributed by atoms with Crippen LogP contribution in [0.4, 0.5) is 0 Å². The van der Waals surface area contributed by atoms with Crippen LogP contribution in [0.1, 0.15) is 61.4 Å². The maximum absolute atomic E-state index is 3.88. The number of nitrogens with one attached hydrogen (secondary N) is 1. The number of thiophene rings is 1. The molecule has 18 heavy (non-hydrogen) atoms. The second-order valence-electron chi connectivity index (χ2n) is 6.13. The molecule has 1 saturated carbocycles. The predicted molar refractivity (Wildman–Crippen MR) is 81.3 cm³/mol. The Labute approximate surface area is 116 Å². The van der Waals surface area contributed by atoms with E-state index in [1.807, 2.05) is 11.3 Å². The van der Waals surface area contributed by atoms with Gasteiger partial charge in [-0.2, -0.15) is 0 Å². The minimum atomic E-state index is 0.493. The molecule has 2 heteroatoms. The molecule has 102 valence electrons. The third-order valence-electron chi connectivity index (χ3n) is 4.72. The second kappa shape index (κ2) is 5.75. The van der Waals surface area contributed by atoms with Crippen molar-refractivity contribution in [2.75, 3.05) is 0 Å². The highest BCUT2D eigenvalue weighted by molar-refractivity contribution is 7.12. The highest BCUT2D eigenvalue weighted by atomic mass is 32.1. The Balaban J connectivity index is 2.02. The molecule has 1 nitrogen and oxygen atoms in total. The molecule has 0 aliphatic heterocycles. The van der Waals surface area contributed by atoms with E-state index in [9.17, 15) is 0 Å². The van der Waals surface area contributed by atoms with Gasteiger partial charge in [0.15, 0.2) is 0 Å². The van der Waals surface area contributed by atoms with E-state index in [1.165, 1.54) is 34.6 Å². The number of rotatable bonds is 3. The first kappa shape index (κ1) is 14.1. The van der Waals surface area contributed by atoms with Crippen LogP contribution < -0.4 is 5.32 Å². The zero-order chi connectivity index (χ0) is 13.3. The van der Waals surface area contributed by atoms with Crippen LogP contribution in [0.25, 0.3) is 0 Å². The average Bonchev–Trinajstić information content (AvgIpc) is 2.64. The van der Waals surface area contributed by atoms with Gasteiger partial charge in [-0.25, -0.2) is 0 Å². The van der Waals surface area contributed by atoms with Gasteiger partial charge in [-0.1, -0.05) is 26.7 Å². The molecule has 1 heterocycles. The van der Waals surface area contributed by atoms with Gasteiger partial charge in [-0.15, -0.1) is 11.3 Å². The summed E-state index contributed by atoms with van der Waals surface area (Å²) < 4.78 is 0. The maximum atomic E-state index is 3.88. The molecule has 1 aromatic heterocycles. The predicted octanol–water partition coefficient (Wildman–Crippen LogP) is 4.84. The van der Waals surface area contributed by atoms with Crippen LogP contribution in [-0.4, -0.2) is 6.04 Å². The van der Waals surface area contributed by atoms with E-state index in [-0.39, 0.29) is 0 Å². The quantitative estimate of drug-likeness (QED) is 0.824. The first-order chi connectivity index (χ1) is 8.49. The third kappa shape index (κ3) is 2.97. The molecular formula is C16H27NS. The fourth-order valence-electron chi connectivity index (χ4n) is 3.31. The van der Waals surface area contributed by atoms with Crippen LogP contribution in [0, 0.1) is 25.7 Å². The normalized spacial score (nSPS) is 30.4. The summed E-state index contributed by atoms with van der Waals surface area (Å²) in [4.78, 5) is 2.91. The smallest absolute Gasteiger partial charge is 0.0305 e. The first-order valence-electron chi connectivity index (χ1n) is 7.32. The van der Waals surface area contributed by atoms with Crippen molar-refractivity contribution in [2.24, 2.45) is 11.8 Å². The molecule has 0 aromatic carbocycles. The Morgan fingerprint density at radius 2 is 2.00 bits per heavy atom. The fraction of sp³-hybridized carbons (Fsp3) is 0.750. The number of hydrogen-bond acceptors (Lipinski definition) is 2. The molecule has 4 atom stereocenters. The summed E-state index contributed by atoms with van der Waals surface area (Å²) in [6, 6.07) is 3.55. The summed E-state index contributed by atoms with van der Waals surface area (Å²) in [5.41, 5.74) is 1.50. The fourth-order valence-corrected chi connectivity index (χ4v) is 4.33. The molecule has 0 amide bonds. The Morgan fingerprint density at radius 1 is 1.28 bits per heavy atom. The summed E-state index contributed by atoms with van der Waals surface area (Å²) in [7, 11) is 0. The zero-order valence-corrected chi connectivity index (χ0v) is 13.2. The monoisotopic (exact) mass is 265 g/mol. The van der Waals surface area contributed by atoms with Crippen LogP contribution in [0.3, 0.4) is 0 Å². The van der Waals surface area contributed by atoms with Gasteiger partial charge in [0.1, 0.15) is 0 Å². The van der Waals surface area contributed by atoms with Crippen molar-refractivity contribution in [1.82, 2.24) is 5.32 Å². The van der Waals surface area contributed by atoms with Crippen LogP contribution in [-0.2, 0) is 0 Å². The molecule has 1 aliphatic carbocycles. The lowest BCUT2D eigenvalue weighted by molar-refractivity contribution is 0.196. The van der Waals surface area contributed by atoms with Gasteiger partial charge in [-0.3, -0.25) is 0 Å². The maximum Gasteiger partial charge on any atom is 0.0305 e. The van der Waals surface area contributed by atoms with Crippen molar-refractivity contribution in [3.8, 4) is 0 Å². The molecule has 0 bridgehead atoms. The van der Waals surface area contributed by atoms with E-state index in [0.29, 0.717) is 12.1 Å².